The molecule has 2 saturated carbocycles. The van der Waals surface area contributed by atoms with Crippen molar-refractivity contribution < 1.29 is 105 Å². The molecule has 6 aliphatic rings. The molecule has 2 unspecified atom stereocenters. The van der Waals surface area contributed by atoms with Crippen molar-refractivity contribution in [2.24, 2.45) is 27.8 Å². The molecule has 10 heterocycles. The predicted molar refractivity (Wildman–Crippen MR) is 433 cm³/mol. The molecular formula is C80H108Cl2F6N14O17S2. The number of nitrogens with one attached hydrogen (secondary N) is 1. The first-order valence-corrected chi connectivity index (χ1v) is 43.6. The Balaban J connectivity index is 0.000000212. The maximum atomic E-state index is 13.6. The van der Waals surface area contributed by atoms with E-state index in [4.69, 9.17) is 71.3 Å². The Bertz CT molecular complexity index is 4900. The molecule has 4 atom stereocenters. The monoisotopic (exact) mass is 1780 g/mol. The van der Waals surface area contributed by atoms with Gasteiger partial charge >= 0.3 is 30.5 Å². The highest BCUT2D eigenvalue weighted by Crippen LogP contribution is 2.61. The first-order chi connectivity index (χ1) is 56.0. The molecule has 0 bridgehead atoms. The van der Waals surface area contributed by atoms with Crippen LogP contribution in [0.1, 0.15) is 195 Å². The summed E-state index contributed by atoms with van der Waals surface area (Å²) in [6.45, 7) is 30.4. The van der Waals surface area contributed by atoms with Crippen molar-refractivity contribution in [2.45, 2.75) is 242 Å². The fourth-order valence-corrected chi connectivity index (χ4v) is 16.8. The number of carbonyl (C=O) groups is 4. The minimum atomic E-state index is -4.52. The summed E-state index contributed by atoms with van der Waals surface area (Å²) in [6.07, 6.45) is -1.63. The van der Waals surface area contributed by atoms with E-state index in [9.17, 15) is 62.4 Å². The highest BCUT2D eigenvalue weighted by Gasteiger charge is 2.63. The number of carboxylic acid groups (broad SMARTS) is 1. The average Bonchev–Trinajstić information content (AvgIpc) is 1.60. The maximum absolute atomic E-state index is 13.6. The molecule has 0 radical (unpaired) electrons. The molecule has 31 nitrogen and oxygen atoms in total. The van der Waals surface area contributed by atoms with Gasteiger partial charge in [-0.2, -0.15) is 34.8 Å². The summed E-state index contributed by atoms with van der Waals surface area (Å²) in [5, 5.41) is 21.4. The number of likely N-dealkylation sites (tertiary alicyclic amines) is 2. The second-order valence-electron chi connectivity index (χ2n) is 35.4. The number of aromatic nitrogens is 8. The van der Waals surface area contributed by atoms with E-state index in [0.717, 1.165) is 32.1 Å². The molecule has 2 aliphatic carbocycles. The van der Waals surface area contributed by atoms with Gasteiger partial charge in [0, 0.05) is 74.9 Å². The second-order valence-corrected chi connectivity index (χ2v) is 39.3. The van der Waals surface area contributed by atoms with Gasteiger partial charge in [0.2, 0.25) is 11.8 Å². The van der Waals surface area contributed by atoms with Crippen LogP contribution in [0.15, 0.2) is 95.2 Å². The smallest absolute Gasteiger partial charge is 0.410 e. The Morgan fingerprint density at radius 3 is 1.33 bits per heavy atom. The van der Waals surface area contributed by atoms with Crippen LogP contribution in [-0.4, -0.2) is 219 Å². The van der Waals surface area contributed by atoms with E-state index >= 15 is 0 Å². The number of carbonyl (C=O) groups excluding carboxylic acids is 3. The molecule has 6 aromatic rings. The minimum absolute atomic E-state index is 0.0736. The Hall–Kier alpha value is -8.44. The van der Waals surface area contributed by atoms with Crippen molar-refractivity contribution in [3.63, 3.8) is 0 Å². The summed E-state index contributed by atoms with van der Waals surface area (Å²) in [4.78, 5) is 74.4. The van der Waals surface area contributed by atoms with Gasteiger partial charge in [0.15, 0.2) is 33.3 Å². The number of nitrogens with two attached hydrogens (primary N) is 1. The fourth-order valence-electron chi connectivity index (χ4n) is 14.9. The highest BCUT2D eigenvalue weighted by molar-refractivity contribution is 7.90. The van der Waals surface area contributed by atoms with Gasteiger partial charge in [-0.05, 0) is 234 Å². The van der Waals surface area contributed by atoms with Gasteiger partial charge in [0.05, 0.1) is 48.4 Å². The fraction of sp³-hybridized carbons (Fsp3) is 0.625. The van der Waals surface area contributed by atoms with Crippen LogP contribution in [-0.2, 0) is 48.5 Å². The van der Waals surface area contributed by atoms with Gasteiger partial charge < -0.3 is 62.6 Å². The summed E-state index contributed by atoms with van der Waals surface area (Å²) in [7, 11) is -8.44. The third-order valence-electron chi connectivity index (χ3n) is 21.4. The summed E-state index contributed by atoms with van der Waals surface area (Å²) in [6, 6.07) is 17.6. The van der Waals surface area contributed by atoms with Crippen molar-refractivity contribution in [3.8, 4) is 23.4 Å². The van der Waals surface area contributed by atoms with Crippen LogP contribution in [0.5, 0.6) is 11.8 Å². The Morgan fingerprint density at radius 2 is 0.975 bits per heavy atom. The lowest BCUT2D eigenvalue weighted by Crippen LogP contribution is -2.45. The predicted octanol–water partition coefficient (Wildman–Crippen LogP) is 14.6. The molecule has 6 aromatic heterocycles. The number of anilines is 2. The van der Waals surface area contributed by atoms with Crippen molar-refractivity contribution >= 4 is 78.9 Å². The summed E-state index contributed by atoms with van der Waals surface area (Å²) >= 11 is 12.1. The van der Waals surface area contributed by atoms with Crippen LogP contribution in [0.3, 0.4) is 0 Å². The van der Waals surface area contributed by atoms with Crippen LogP contribution < -0.4 is 29.1 Å². The van der Waals surface area contributed by atoms with Crippen LogP contribution in [0.4, 0.5) is 47.6 Å². The van der Waals surface area contributed by atoms with Gasteiger partial charge in [-0.1, -0.05) is 35.3 Å². The van der Waals surface area contributed by atoms with Crippen LogP contribution in [0.25, 0.3) is 11.6 Å². The molecule has 12 rings (SSSR count). The Kier molecular flexibility index (Phi) is 28.8. The van der Waals surface area contributed by atoms with E-state index in [-0.39, 0.29) is 143 Å². The molecule has 4 N–H and O–H groups in total. The lowest BCUT2D eigenvalue weighted by atomic mass is 9.93. The average molecular weight is 1790 g/mol. The number of primary sulfonamides is 1. The standard InChI is InChI=1S/C40H53ClF3N7O8S.C25H42N4O6S.C15H13ClF3N3O3/c1-36(2,3)59-35(53)50-23-26(22-37(50,4)5)10-9-19-49(24-27-25-57-38(6,7)58-27)29-11-8-12-32(45-29)60(54,55)48-34(52)28-13-14-30(46-33(28)41)51-20-15-31(47-51)56-21-18-39(16-17-39)40(42,43)44;1-23(2,3)35-22(30)29-15-18(14-24(29,4)5)10-9-13-28(16-19-17-33-25(6,7)34-19)20-11-8-12-21(27-20)36(26,31)32;16-12-9(13(23)24)1-2-10(20-12)22-7-3-11(21-22)25-8-6-14(4-5-14)15(17,18)19/h8,11-15,20,26-27H,9-10,16-19,21-25H2,1-7H3,(H,48,52);8,11-12,18-19H,9-10,13-17H2,1-7H3,(H2,26,31,32);1-3,7H,4-6,8H2,(H,23,24)/t26-,27?;18-,19?;/m00./s1. The number of pyridine rings is 4. The second kappa shape index (κ2) is 36.8. The van der Waals surface area contributed by atoms with Gasteiger partial charge in [-0.3, -0.25) is 4.79 Å². The maximum Gasteiger partial charge on any atom is 0.410 e. The molecule has 0 aromatic carbocycles. The topological polar surface area (TPSA) is 369 Å². The first-order valence-electron chi connectivity index (χ1n) is 39.8. The molecular weight excluding hydrogens is 1680 g/mol. The van der Waals surface area contributed by atoms with E-state index in [1.54, 1.807) is 23.1 Å². The van der Waals surface area contributed by atoms with E-state index < -0.39 is 82.9 Å². The van der Waals surface area contributed by atoms with E-state index in [2.05, 4.69) is 44.0 Å². The lowest BCUT2D eigenvalue weighted by molar-refractivity contribution is -0.190. The summed E-state index contributed by atoms with van der Waals surface area (Å²) in [5.41, 5.74) is -5.50. The molecule has 4 saturated heterocycles. The number of alkyl halides is 6. The third kappa shape index (κ3) is 25.6. The third-order valence-corrected chi connectivity index (χ3v) is 24.0. The number of carboxylic acids is 1. The zero-order valence-electron chi connectivity index (χ0n) is 70.2. The largest absolute Gasteiger partial charge is 0.478 e. The van der Waals surface area contributed by atoms with Crippen LogP contribution in [0.2, 0.25) is 10.3 Å². The van der Waals surface area contributed by atoms with E-state index in [1.807, 2.05) is 103 Å². The number of sulfonamides is 2. The number of hydrogen-bond acceptors (Lipinski definition) is 24. The molecule has 3 amide bonds. The summed E-state index contributed by atoms with van der Waals surface area (Å²) < 4.78 is 179. The van der Waals surface area contributed by atoms with E-state index in [1.165, 1.54) is 76.4 Å². The quantitative estimate of drug-likeness (QED) is 0.0290. The highest BCUT2D eigenvalue weighted by atomic mass is 35.5. The van der Waals surface area contributed by atoms with Crippen molar-refractivity contribution in [2.75, 3.05) is 75.5 Å². The Labute approximate surface area is 710 Å². The van der Waals surface area contributed by atoms with Crippen LogP contribution >= 0.6 is 23.2 Å². The molecule has 121 heavy (non-hydrogen) atoms. The van der Waals surface area contributed by atoms with Gasteiger partial charge in [-0.25, -0.2) is 62.0 Å². The molecule has 41 heteroatoms. The van der Waals surface area contributed by atoms with Crippen molar-refractivity contribution in [1.82, 2.24) is 54.0 Å². The molecule has 0 spiro atoms. The number of ether oxygens (including phenoxy) is 8. The SMILES string of the molecule is CC(C)(C)OC(=O)N1C[C@@H](CCCN(CC2COC(C)(C)O2)c2cccc(S(=O)(=O)NC(=O)c3ccc(-n4ccc(OCCC5(C(F)(F)F)CC5)n4)nc3Cl)n2)CC1(C)C.CC(C)(C)OC(=O)N1C[C@@H](CCCN(CC2COC(C)(C)O2)c2cccc(S(N)(=O)=O)n2)CC1(C)C.O=C(O)c1ccc(-n2ccc(OCCC3(C(F)(F)F)CC3)n2)nc1Cl. The number of hydrogen-bond donors (Lipinski definition) is 3. The number of halogens is 8. The molecule has 6 fully saturated rings. The molecule has 668 valence electrons. The number of aromatic carboxylic acids is 1. The van der Waals surface area contributed by atoms with Gasteiger partial charge in [0.25, 0.3) is 26.0 Å². The lowest BCUT2D eigenvalue weighted by Gasteiger charge is -2.33. The first kappa shape index (κ1) is 94.8. The van der Waals surface area contributed by atoms with Crippen LogP contribution in [0, 0.1) is 22.7 Å². The number of amides is 3. The minimum Gasteiger partial charge on any atom is -0.478 e. The zero-order valence-corrected chi connectivity index (χ0v) is 73.4. The zero-order chi connectivity index (χ0) is 89.1. The number of rotatable bonds is 29. The van der Waals surface area contributed by atoms with Crippen molar-refractivity contribution in [1.29, 1.82) is 0 Å². The van der Waals surface area contributed by atoms with Gasteiger partial charge in [-0.15, -0.1) is 10.2 Å². The summed E-state index contributed by atoms with van der Waals surface area (Å²) in [5.74, 6) is -1.64. The van der Waals surface area contributed by atoms with E-state index in [0.29, 0.717) is 76.5 Å². The number of nitrogens with zero attached hydrogens (tertiary/aromatic N) is 12. The normalized spacial score (nSPS) is 20.6. The van der Waals surface area contributed by atoms with Crippen molar-refractivity contribution in [3.05, 3.63) is 107 Å². The van der Waals surface area contributed by atoms with Gasteiger partial charge in [0.1, 0.15) is 45.4 Å². The Morgan fingerprint density at radius 1 is 0.579 bits per heavy atom. The molecule has 4 aliphatic heterocycles.